The quantitative estimate of drug-likeness (QED) is 0.629. The number of furan rings is 1. The van der Waals surface area contributed by atoms with E-state index in [1.807, 2.05) is 66.7 Å². The molecule has 0 saturated heterocycles. The normalized spacial score (nSPS) is 10.9. The smallest absolute Gasteiger partial charge is 0.244 e. The summed E-state index contributed by atoms with van der Waals surface area (Å²) in [5.74, 6) is 1.35. The van der Waals surface area contributed by atoms with Gasteiger partial charge in [0.1, 0.15) is 11.5 Å². The number of nitrogens with one attached hydrogen (secondary N) is 1. The van der Waals surface area contributed by atoms with Gasteiger partial charge in [0, 0.05) is 16.1 Å². The van der Waals surface area contributed by atoms with E-state index in [9.17, 15) is 4.79 Å². The predicted molar refractivity (Wildman–Crippen MR) is 99.2 cm³/mol. The molecule has 1 aromatic heterocycles. The molecule has 1 heterocycles. The Morgan fingerprint density at radius 1 is 1.00 bits per heavy atom. The molecule has 3 rings (SSSR count). The van der Waals surface area contributed by atoms with Crippen molar-refractivity contribution in [2.75, 3.05) is 0 Å². The summed E-state index contributed by atoms with van der Waals surface area (Å²) in [6.07, 6.45) is 3.30. The lowest BCUT2D eigenvalue weighted by Crippen LogP contribution is -2.19. The Labute approximate surface area is 149 Å². The lowest BCUT2D eigenvalue weighted by molar-refractivity contribution is -0.116. The Morgan fingerprint density at radius 2 is 1.75 bits per heavy atom. The van der Waals surface area contributed by atoms with Crippen LogP contribution in [0.3, 0.4) is 0 Å². The highest BCUT2D eigenvalue weighted by molar-refractivity contribution is 9.10. The summed E-state index contributed by atoms with van der Waals surface area (Å²) in [6, 6.07) is 21.4. The van der Waals surface area contributed by atoms with Gasteiger partial charge in [-0.1, -0.05) is 58.4 Å². The number of hydrogen-bond acceptors (Lipinski definition) is 2. The van der Waals surface area contributed by atoms with E-state index in [-0.39, 0.29) is 5.91 Å². The van der Waals surface area contributed by atoms with Crippen LogP contribution in [0, 0.1) is 0 Å². The van der Waals surface area contributed by atoms with Gasteiger partial charge in [0.25, 0.3) is 0 Å². The van der Waals surface area contributed by atoms with Gasteiger partial charge in [0.2, 0.25) is 5.91 Å². The first-order chi connectivity index (χ1) is 11.7. The lowest BCUT2D eigenvalue weighted by Gasteiger charge is -2.00. The highest BCUT2D eigenvalue weighted by Crippen LogP contribution is 2.23. The van der Waals surface area contributed by atoms with Crippen molar-refractivity contribution in [3.05, 3.63) is 88.6 Å². The van der Waals surface area contributed by atoms with Crippen molar-refractivity contribution < 1.29 is 9.21 Å². The monoisotopic (exact) mass is 381 g/mol. The van der Waals surface area contributed by atoms with Gasteiger partial charge in [-0.2, -0.15) is 0 Å². The first kappa shape index (κ1) is 16.3. The number of carbonyl (C=O) groups excluding carboxylic acids is 1. The fraction of sp³-hybridized carbons (Fsp3) is 0.0500. The molecule has 2 aromatic carbocycles. The van der Waals surface area contributed by atoms with Crippen LogP contribution >= 0.6 is 15.9 Å². The van der Waals surface area contributed by atoms with Crippen LogP contribution in [0.15, 0.2) is 81.7 Å². The average Bonchev–Trinajstić information content (AvgIpc) is 3.09. The summed E-state index contributed by atoms with van der Waals surface area (Å²) in [4.78, 5) is 11.9. The average molecular weight is 382 g/mol. The summed E-state index contributed by atoms with van der Waals surface area (Å²) in [5, 5.41) is 2.82. The van der Waals surface area contributed by atoms with Crippen LogP contribution in [-0.4, -0.2) is 5.91 Å². The molecule has 0 spiro atoms. The first-order valence-electron chi connectivity index (χ1n) is 7.56. The number of rotatable bonds is 5. The molecule has 0 fully saturated rings. The number of hydrogen-bond donors (Lipinski definition) is 1. The van der Waals surface area contributed by atoms with Gasteiger partial charge in [-0.25, -0.2) is 0 Å². The third kappa shape index (κ3) is 4.46. The molecule has 0 aliphatic rings. The van der Waals surface area contributed by atoms with Crippen LogP contribution in [0.4, 0.5) is 0 Å². The van der Waals surface area contributed by atoms with E-state index in [2.05, 4.69) is 21.2 Å². The Kier molecular flexibility index (Phi) is 5.29. The highest BCUT2D eigenvalue weighted by atomic mass is 79.9. The van der Waals surface area contributed by atoms with Crippen molar-refractivity contribution in [2.45, 2.75) is 6.54 Å². The largest absolute Gasteiger partial charge is 0.459 e. The molecule has 24 heavy (non-hydrogen) atoms. The molecule has 0 aliphatic carbocycles. The van der Waals surface area contributed by atoms with Gasteiger partial charge >= 0.3 is 0 Å². The number of amides is 1. The molecular formula is C20H16BrNO2. The van der Waals surface area contributed by atoms with Crippen molar-refractivity contribution in [1.82, 2.24) is 5.32 Å². The maximum atomic E-state index is 11.9. The van der Waals surface area contributed by atoms with E-state index in [1.54, 1.807) is 6.08 Å². The van der Waals surface area contributed by atoms with Gasteiger partial charge in [-0.15, -0.1) is 0 Å². The van der Waals surface area contributed by atoms with Crippen LogP contribution in [0.1, 0.15) is 11.3 Å². The second-order valence-corrected chi connectivity index (χ2v) is 6.15. The zero-order valence-electron chi connectivity index (χ0n) is 12.9. The Balaban J connectivity index is 1.56. The number of carbonyl (C=O) groups is 1. The van der Waals surface area contributed by atoms with Crippen molar-refractivity contribution in [1.29, 1.82) is 0 Å². The summed E-state index contributed by atoms with van der Waals surface area (Å²) in [6.45, 7) is 0.356. The molecule has 1 N–H and O–H groups in total. The minimum Gasteiger partial charge on any atom is -0.459 e. The van der Waals surface area contributed by atoms with E-state index < -0.39 is 0 Å². The fourth-order valence-electron chi connectivity index (χ4n) is 2.21. The molecule has 1 amide bonds. The topological polar surface area (TPSA) is 42.2 Å². The lowest BCUT2D eigenvalue weighted by atomic mass is 10.2. The van der Waals surface area contributed by atoms with Gasteiger partial charge < -0.3 is 9.73 Å². The van der Waals surface area contributed by atoms with Crippen LogP contribution in [0.25, 0.3) is 17.4 Å². The summed E-state index contributed by atoms with van der Waals surface area (Å²) >= 11 is 3.41. The second kappa shape index (κ2) is 7.79. The highest BCUT2D eigenvalue weighted by Gasteiger charge is 2.05. The number of benzene rings is 2. The molecule has 0 atom stereocenters. The summed E-state index contributed by atoms with van der Waals surface area (Å²) in [5.41, 5.74) is 1.99. The van der Waals surface area contributed by atoms with E-state index in [0.29, 0.717) is 6.54 Å². The fourth-order valence-corrected chi connectivity index (χ4v) is 2.48. The van der Waals surface area contributed by atoms with Crippen molar-refractivity contribution in [3.63, 3.8) is 0 Å². The van der Waals surface area contributed by atoms with Gasteiger partial charge in [-0.3, -0.25) is 4.79 Å². The maximum absolute atomic E-state index is 11.9. The predicted octanol–water partition coefficient (Wildman–Crippen LogP) is 5.04. The van der Waals surface area contributed by atoms with Crippen LogP contribution in [0.5, 0.6) is 0 Å². The Hall–Kier alpha value is -2.59. The molecule has 0 radical (unpaired) electrons. The maximum Gasteiger partial charge on any atom is 0.244 e. The molecular weight excluding hydrogens is 366 g/mol. The second-order valence-electron chi connectivity index (χ2n) is 5.23. The molecule has 0 bridgehead atoms. The molecule has 3 nitrogen and oxygen atoms in total. The SMILES string of the molecule is O=C(/C=C/c1ccccc1)NCc1ccc(-c2ccc(Br)cc2)o1. The van der Waals surface area contributed by atoms with E-state index in [1.165, 1.54) is 6.08 Å². The minimum absolute atomic E-state index is 0.152. The minimum atomic E-state index is -0.152. The standard InChI is InChI=1S/C20H16BrNO2/c21-17-9-7-16(8-10-17)19-12-11-18(24-19)14-22-20(23)13-6-15-4-2-1-3-5-15/h1-13H,14H2,(H,22,23)/b13-6+. The first-order valence-corrected chi connectivity index (χ1v) is 8.35. The number of halogens is 1. The summed E-state index contributed by atoms with van der Waals surface area (Å²) < 4.78 is 6.79. The van der Waals surface area contributed by atoms with E-state index in [0.717, 1.165) is 27.1 Å². The van der Waals surface area contributed by atoms with Gasteiger partial charge in [-0.05, 0) is 35.9 Å². The van der Waals surface area contributed by atoms with Crippen molar-refractivity contribution >= 4 is 27.9 Å². The zero-order chi connectivity index (χ0) is 16.8. The zero-order valence-corrected chi connectivity index (χ0v) is 14.5. The third-order valence-corrected chi connectivity index (χ3v) is 3.98. The van der Waals surface area contributed by atoms with Crippen molar-refractivity contribution in [2.24, 2.45) is 0 Å². The third-order valence-electron chi connectivity index (χ3n) is 3.45. The Morgan fingerprint density at radius 3 is 2.50 bits per heavy atom. The van der Waals surface area contributed by atoms with Crippen LogP contribution in [0.2, 0.25) is 0 Å². The van der Waals surface area contributed by atoms with Crippen LogP contribution < -0.4 is 5.32 Å². The Bertz CT molecular complexity index is 836. The van der Waals surface area contributed by atoms with Crippen LogP contribution in [-0.2, 0) is 11.3 Å². The summed E-state index contributed by atoms with van der Waals surface area (Å²) in [7, 11) is 0. The van der Waals surface area contributed by atoms with E-state index >= 15 is 0 Å². The molecule has 0 saturated carbocycles. The molecule has 3 aromatic rings. The molecule has 0 unspecified atom stereocenters. The van der Waals surface area contributed by atoms with Crippen molar-refractivity contribution in [3.8, 4) is 11.3 Å². The van der Waals surface area contributed by atoms with Gasteiger partial charge in [0.05, 0.1) is 6.54 Å². The van der Waals surface area contributed by atoms with Gasteiger partial charge in [0.15, 0.2) is 0 Å². The molecule has 0 aliphatic heterocycles. The molecule has 4 heteroatoms. The van der Waals surface area contributed by atoms with E-state index in [4.69, 9.17) is 4.42 Å². The molecule has 120 valence electrons.